The Kier molecular flexibility index (Phi) is 5.56. The van der Waals surface area contributed by atoms with Crippen LogP contribution in [0.1, 0.15) is 50.9 Å². The van der Waals surface area contributed by atoms with E-state index in [-0.39, 0.29) is 5.91 Å². The standard InChI is InChI=1S/C25H23N5O/c1-16-5-8-20(12-22(16)24-17(2)28-23(29-24)4-3-11-26)25(31)30-14-21(15-30)19-9-6-18(13-27)7-10-19/h5-10,12,21H,3-4,14-15H2,1-2H3,(H,28,29). The average Bonchev–Trinajstić information content (AvgIpc) is 3.12. The molecule has 31 heavy (non-hydrogen) atoms. The molecular formula is C25H23N5O. The molecule has 1 fully saturated rings. The van der Waals surface area contributed by atoms with Gasteiger partial charge in [0.2, 0.25) is 0 Å². The fourth-order valence-corrected chi connectivity index (χ4v) is 3.96. The Morgan fingerprint density at radius 3 is 2.58 bits per heavy atom. The van der Waals surface area contributed by atoms with E-state index in [1.165, 1.54) is 0 Å². The Balaban J connectivity index is 1.50. The Bertz CT molecular complexity index is 1200. The molecule has 2 heterocycles. The van der Waals surface area contributed by atoms with Gasteiger partial charge in [-0.05, 0) is 49.2 Å². The molecule has 0 unspecified atom stereocenters. The second-order valence-electron chi connectivity index (χ2n) is 7.99. The summed E-state index contributed by atoms with van der Waals surface area (Å²) in [5, 5.41) is 17.7. The zero-order valence-electron chi connectivity index (χ0n) is 17.6. The van der Waals surface area contributed by atoms with Crippen LogP contribution in [0.2, 0.25) is 0 Å². The fraction of sp³-hybridized carbons (Fsp3) is 0.280. The van der Waals surface area contributed by atoms with Crippen molar-refractivity contribution in [3.05, 3.63) is 76.2 Å². The summed E-state index contributed by atoms with van der Waals surface area (Å²) in [6.45, 7) is 5.32. The molecule has 6 nitrogen and oxygen atoms in total. The summed E-state index contributed by atoms with van der Waals surface area (Å²) in [6, 6.07) is 17.6. The summed E-state index contributed by atoms with van der Waals surface area (Å²) in [7, 11) is 0. The first-order chi connectivity index (χ1) is 15.0. The summed E-state index contributed by atoms with van der Waals surface area (Å²) in [5.41, 5.74) is 6.21. The molecule has 2 aromatic carbocycles. The normalized spacial score (nSPS) is 13.4. The van der Waals surface area contributed by atoms with E-state index in [2.05, 4.69) is 22.1 Å². The van der Waals surface area contributed by atoms with Gasteiger partial charge < -0.3 is 9.88 Å². The topological polar surface area (TPSA) is 96.6 Å². The fourth-order valence-electron chi connectivity index (χ4n) is 3.96. The molecule has 154 valence electrons. The van der Waals surface area contributed by atoms with Crippen LogP contribution < -0.4 is 0 Å². The lowest BCUT2D eigenvalue weighted by atomic mass is 9.90. The minimum atomic E-state index is 0.0176. The van der Waals surface area contributed by atoms with Gasteiger partial charge >= 0.3 is 0 Å². The number of hydrogen-bond acceptors (Lipinski definition) is 4. The quantitative estimate of drug-likeness (QED) is 0.681. The minimum Gasteiger partial charge on any atom is -0.346 e. The van der Waals surface area contributed by atoms with E-state index in [0.717, 1.165) is 33.9 Å². The van der Waals surface area contributed by atoms with Crippen LogP contribution in [0.5, 0.6) is 0 Å². The molecule has 0 spiro atoms. The zero-order valence-corrected chi connectivity index (χ0v) is 17.6. The molecule has 1 aliphatic heterocycles. The first-order valence-electron chi connectivity index (χ1n) is 10.3. The maximum absolute atomic E-state index is 13.0. The maximum atomic E-state index is 13.0. The van der Waals surface area contributed by atoms with E-state index >= 15 is 0 Å². The Labute approximate surface area is 181 Å². The number of amides is 1. The summed E-state index contributed by atoms with van der Waals surface area (Å²) < 4.78 is 0. The number of nitrogens with one attached hydrogen (secondary N) is 1. The number of benzene rings is 2. The van der Waals surface area contributed by atoms with Crippen molar-refractivity contribution in [2.24, 2.45) is 0 Å². The molecule has 6 heteroatoms. The molecule has 3 aromatic rings. The summed E-state index contributed by atoms with van der Waals surface area (Å²) >= 11 is 0. The molecule has 0 bridgehead atoms. The molecule has 0 radical (unpaired) electrons. The van der Waals surface area contributed by atoms with Crippen molar-refractivity contribution < 1.29 is 4.79 Å². The number of aryl methyl sites for hydroxylation is 3. The third kappa shape index (κ3) is 4.06. The average molecular weight is 409 g/mol. The molecule has 4 rings (SSSR count). The van der Waals surface area contributed by atoms with Gasteiger partial charge in [0.1, 0.15) is 5.82 Å². The third-order valence-electron chi connectivity index (χ3n) is 5.83. The van der Waals surface area contributed by atoms with Crippen molar-refractivity contribution in [1.29, 1.82) is 10.5 Å². The monoisotopic (exact) mass is 409 g/mol. The van der Waals surface area contributed by atoms with Crippen molar-refractivity contribution in [3.8, 4) is 23.4 Å². The molecule has 0 atom stereocenters. The first kappa shape index (κ1) is 20.4. The number of H-pyrrole nitrogens is 1. The van der Waals surface area contributed by atoms with Crippen LogP contribution in [-0.4, -0.2) is 33.9 Å². The lowest BCUT2D eigenvalue weighted by molar-refractivity contribution is 0.0602. The summed E-state index contributed by atoms with van der Waals surface area (Å²) in [4.78, 5) is 22.8. The van der Waals surface area contributed by atoms with Crippen molar-refractivity contribution >= 4 is 5.91 Å². The Morgan fingerprint density at radius 1 is 1.16 bits per heavy atom. The van der Waals surface area contributed by atoms with Crippen LogP contribution in [0.25, 0.3) is 11.3 Å². The lowest BCUT2D eigenvalue weighted by Gasteiger charge is -2.39. The largest absolute Gasteiger partial charge is 0.346 e. The van der Waals surface area contributed by atoms with Crippen LogP contribution in [-0.2, 0) is 6.42 Å². The molecular weight excluding hydrogens is 386 g/mol. The second kappa shape index (κ2) is 8.45. The maximum Gasteiger partial charge on any atom is 0.253 e. The third-order valence-corrected chi connectivity index (χ3v) is 5.83. The Morgan fingerprint density at radius 2 is 1.90 bits per heavy atom. The number of likely N-dealkylation sites (tertiary alicyclic amines) is 1. The van der Waals surface area contributed by atoms with Gasteiger partial charge in [0.15, 0.2) is 0 Å². The molecule has 0 aliphatic carbocycles. The molecule has 1 aromatic heterocycles. The SMILES string of the molecule is Cc1ccc(C(=O)N2CC(c3ccc(C#N)cc3)C2)cc1-c1nc(CCC#N)[nH]c1C. The first-order valence-corrected chi connectivity index (χ1v) is 10.3. The number of carbonyl (C=O) groups is 1. The number of aromatic nitrogens is 2. The van der Waals surface area contributed by atoms with Gasteiger partial charge in [-0.2, -0.15) is 10.5 Å². The van der Waals surface area contributed by atoms with Crippen LogP contribution in [0, 0.1) is 36.5 Å². The summed E-state index contributed by atoms with van der Waals surface area (Å²) in [6.07, 6.45) is 0.999. The van der Waals surface area contributed by atoms with E-state index in [4.69, 9.17) is 10.5 Å². The van der Waals surface area contributed by atoms with Crippen molar-refractivity contribution in [2.75, 3.05) is 13.1 Å². The summed E-state index contributed by atoms with van der Waals surface area (Å²) in [5.74, 6) is 1.11. The van der Waals surface area contributed by atoms with Crippen molar-refractivity contribution in [3.63, 3.8) is 0 Å². The van der Waals surface area contributed by atoms with E-state index in [9.17, 15) is 4.79 Å². The number of aromatic amines is 1. The van der Waals surface area contributed by atoms with Gasteiger partial charge in [-0.1, -0.05) is 18.2 Å². The van der Waals surface area contributed by atoms with Crippen molar-refractivity contribution in [2.45, 2.75) is 32.6 Å². The molecule has 0 saturated carbocycles. The number of carbonyl (C=O) groups excluding carboxylic acids is 1. The van der Waals surface area contributed by atoms with Crippen LogP contribution in [0.3, 0.4) is 0 Å². The van der Waals surface area contributed by atoms with Crippen LogP contribution in [0.15, 0.2) is 42.5 Å². The van der Waals surface area contributed by atoms with Gasteiger partial charge in [0.25, 0.3) is 5.91 Å². The van der Waals surface area contributed by atoms with Crippen LogP contribution >= 0.6 is 0 Å². The van der Waals surface area contributed by atoms with Crippen molar-refractivity contribution in [1.82, 2.24) is 14.9 Å². The van der Waals surface area contributed by atoms with E-state index in [1.54, 1.807) is 0 Å². The molecule has 1 aliphatic rings. The smallest absolute Gasteiger partial charge is 0.253 e. The van der Waals surface area contributed by atoms with E-state index in [0.29, 0.717) is 43.0 Å². The highest BCUT2D eigenvalue weighted by atomic mass is 16.2. The number of nitriles is 2. The van der Waals surface area contributed by atoms with E-state index < -0.39 is 0 Å². The second-order valence-corrected chi connectivity index (χ2v) is 7.99. The number of hydrogen-bond donors (Lipinski definition) is 1. The minimum absolute atomic E-state index is 0.0176. The number of rotatable bonds is 5. The molecule has 1 N–H and O–H groups in total. The number of nitrogens with zero attached hydrogens (tertiary/aromatic N) is 4. The predicted octanol–water partition coefficient (Wildman–Crippen LogP) is 4.26. The highest BCUT2D eigenvalue weighted by Gasteiger charge is 2.32. The van der Waals surface area contributed by atoms with Gasteiger partial charge in [-0.25, -0.2) is 4.98 Å². The van der Waals surface area contributed by atoms with E-state index in [1.807, 2.05) is 61.2 Å². The molecule has 1 saturated heterocycles. The molecule has 1 amide bonds. The highest BCUT2D eigenvalue weighted by molar-refractivity contribution is 5.96. The Hall–Kier alpha value is -3.90. The van der Waals surface area contributed by atoms with Gasteiger partial charge in [-0.15, -0.1) is 0 Å². The van der Waals surface area contributed by atoms with Gasteiger partial charge in [0, 0.05) is 48.7 Å². The zero-order chi connectivity index (χ0) is 22.0. The number of imidazole rings is 1. The van der Waals surface area contributed by atoms with Crippen LogP contribution in [0.4, 0.5) is 0 Å². The highest BCUT2D eigenvalue weighted by Crippen LogP contribution is 2.31. The van der Waals surface area contributed by atoms with Gasteiger partial charge in [0.05, 0.1) is 23.4 Å². The lowest BCUT2D eigenvalue weighted by Crippen LogP contribution is -2.48. The van der Waals surface area contributed by atoms with Gasteiger partial charge in [-0.3, -0.25) is 4.79 Å². The predicted molar refractivity (Wildman–Crippen MR) is 117 cm³/mol.